The van der Waals surface area contributed by atoms with Gasteiger partial charge >= 0.3 is 0 Å². The van der Waals surface area contributed by atoms with E-state index in [0.29, 0.717) is 16.4 Å². The van der Waals surface area contributed by atoms with Gasteiger partial charge in [0.1, 0.15) is 17.4 Å². The highest BCUT2D eigenvalue weighted by atomic mass is 32.2. The molecule has 1 aromatic carbocycles. The summed E-state index contributed by atoms with van der Waals surface area (Å²) in [5.74, 6) is 0.728. The van der Waals surface area contributed by atoms with E-state index in [1.807, 2.05) is 30.5 Å². The number of rotatable bonds is 4. The van der Waals surface area contributed by atoms with Gasteiger partial charge < -0.3 is 14.6 Å². The molecular weight excluding hydrogens is 324 g/mol. The smallest absolute Gasteiger partial charge is 0.270 e. The summed E-state index contributed by atoms with van der Waals surface area (Å²) in [6, 6.07) is 7.67. The third-order valence-electron chi connectivity index (χ3n) is 4.10. The van der Waals surface area contributed by atoms with Gasteiger partial charge in [-0.3, -0.25) is 4.79 Å². The molecule has 0 radical (unpaired) electrons. The Hall–Kier alpha value is -2.46. The Kier molecular flexibility index (Phi) is 4.76. The van der Waals surface area contributed by atoms with Crippen molar-refractivity contribution in [3.8, 4) is 23.1 Å². The fourth-order valence-electron chi connectivity index (χ4n) is 2.91. The Morgan fingerprint density at radius 1 is 1.38 bits per heavy atom. The van der Waals surface area contributed by atoms with Crippen LogP contribution >= 0.6 is 11.8 Å². The van der Waals surface area contributed by atoms with Crippen LogP contribution in [0.5, 0.6) is 5.75 Å². The molecule has 0 bridgehead atoms. The molecule has 0 amide bonds. The highest BCUT2D eigenvalue weighted by molar-refractivity contribution is 7.98. The van der Waals surface area contributed by atoms with Gasteiger partial charge in [-0.1, -0.05) is 17.8 Å². The molecule has 0 atom stereocenters. The number of ether oxygens (including phenoxy) is 1. The number of nitrogens with zero attached hydrogens (tertiary/aromatic N) is 3. The first kappa shape index (κ1) is 16.4. The molecule has 1 N–H and O–H groups in total. The highest BCUT2D eigenvalue weighted by Gasteiger charge is 2.19. The summed E-state index contributed by atoms with van der Waals surface area (Å²) in [4.78, 5) is 21.4. The monoisotopic (exact) mass is 342 g/mol. The molecule has 24 heavy (non-hydrogen) atoms. The van der Waals surface area contributed by atoms with E-state index in [9.17, 15) is 10.1 Å². The Balaban J connectivity index is 2.12. The quantitative estimate of drug-likeness (QED) is 0.679. The molecular formula is C17H18N4O2S. The van der Waals surface area contributed by atoms with E-state index in [4.69, 9.17) is 4.74 Å². The topological polar surface area (TPSA) is 82.0 Å². The molecule has 1 aliphatic rings. The predicted octanol–water partition coefficient (Wildman–Crippen LogP) is 2.64. The van der Waals surface area contributed by atoms with E-state index in [1.54, 1.807) is 7.11 Å². The summed E-state index contributed by atoms with van der Waals surface area (Å²) in [6.07, 6.45) is 4.18. The number of aromatic amines is 1. The number of benzene rings is 1. The van der Waals surface area contributed by atoms with Crippen molar-refractivity contribution >= 4 is 17.4 Å². The largest absolute Gasteiger partial charge is 0.495 e. The number of nitriles is 1. The average Bonchev–Trinajstić information content (AvgIpc) is 3.14. The summed E-state index contributed by atoms with van der Waals surface area (Å²) < 4.78 is 5.54. The zero-order valence-electron chi connectivity index (χ0n) is 13.6. The molecule has 6 nitrogen and oxygen atoms in total. The molecule has 2 aromatic rings. The van der Waals surface area contributed by atoms with Crippen molar-refractivity contribution in [1.29, 1.82) is 5.26 Å². The number of methoxy groups -OCH3 is 1. The van der Waals surface area contributed by atoms with Gasteiger partial charge in [-0.15, -0.1) is 0 Å². The summed E-state index contributed by atoms with van der Waals surface area (Å²) >= 11 is 1.33. The first-order valence-electron chi connectivity index (χ1n) is 7.69. The van der Waals surface area contributed by atoms with Crippen LogP contribution in [0.2, 0.25) is 0 Å². The number of hydrogen-bond acceptors (Lipinski definition) is 6. The molecule has 1 aliphatic heterocycles. The summed E-state index contributed by atoms with van der Waals surface area (Å²) in [7, 11) is 1.63. The fourth-order valence-corrected chi connectivity index (χ4v) is 3.28. The molecule has 7 heteroatoms. The van der Waals surface area contributed by atoms with Gasteiger partial charge in [0, 0.05) is 18.7 Å². The van der Waals surface area contributed by atoms with Crippen LogP contribution in [0.3, 0.4) is 0 Å². The second kappa shape index (κ2) is 6.97. The van der Waals surface area contributed by atoms with Crippen LogP contribution in [0.1, 0.15) is 18.4 Å². The van der Waals surface area contributed by atoms with E-state index in [1.165, 1.54) is 24.6 Å². The summed E-state index contributed by atoms with van der Waals surface area (Å²) in [5, 5.41) is 9.80. The predicted molar refractivity (Wildman–Crippen MR) is 94.8 cm³/mol. The van der Waals surface area contributed by atoms with Gasteiger partial charge in [-0.2, -0.15) is 5.26 Å². The number of aromatic nitrogens is 2. The van der Waals surface area contributed by atoms with Crippen molar-refractivity contribution in [2.24, 2.45) is 0 Å². The van der Waals surface area contributed by atoms with Crippen molar-refractivity contribution < 1.29 is 4.74 Å². The lowest BCUT2D eigenvalue weighted by atomic mass is 10.1. The zero-order chi connectivity index (χ0) is 17.1. The van der Waals surface area contributed by atoms with E-state index >= 15 is 0 Å². The molecule has 0 saturated carbocycles. The number of hydrogen-bond donors (Lipinski definition) is 1. The molecule has 2 heterocycles. The molecule has 0 unspecified atom stereocenters. The van der Waals surface area contributed by atoms with Crippen molar-refractivity contribution in [3.63, 3.8) is 0 Å². The Bertz CT molecular complexity index is 851. The molecule has 124 valence electrons. The number of H-pyrrole nitrogens is 1. The van der Waals surface area contributed by atoms with Gasteiger partial charge in [0.05, 0.1) is 18.5 Å². The first-order valence-corrected chi connectivity index (χ1v) is 8.92. The maximum Gasteiger partial charge on any atom is 0.270 e. The minimum atomic E-state index is -0.422. The minimum absolute atomic E-state index is 0.0174. The van der Waals surface area contributed by atoms with Crippen LogP contribution < -0.4 is 15.2 Å². The summed E-state index contributed by atoms with van der Waals surface area (Å²) in [5.41, 5.74) is 1.72. The lowest BCUT2D eigenvalue weighted by Gasteiger charge is -2.21. The van der Waals surface area contributed by atoms with Gasteiger partial charge in [-0.05, 0) is 31.2 Å². The van der Waals surface area contributed by atoms with Gasteiger partial charge in [-0.25, -0.2) is 4.98 Å². The van der Waals surface area contributed by atoms with Crippen LogP contribution in [0.4, 0.5) is 5.69 Å². The van der Waals surface area contributed by atoms with Crippen LogP contribution in [0.25, 0.3) is 11.3 Å². The van der Waals surface area contributed by atoms with E-state index in [0.717, 1.165) is 24.5 Å². The van der Waals surface area contributed by atoms with E-state index < -0.39 is 5.56 Å². The third-order valence-corrected chi connectivity index (χ3v) is 4.68. The second-order valence-electron chi connectivity index (χ2n) is 5.49. The lowest BCUT2D eigenvalue weighted by Crippen LogP contribution is -2.18. The van der Waals surface area contributed by atoms with Gasteiger partial charge in [0.25, 0.3) is 5.56 Å². The Labute approximate surface area is 144 Å². The SMILES string of the molecule is COc1cc(-c2nc(SC)[nH]c(=O)c2C#N)ccc1N1CCCC1. The van der Waals surface area contributed by atoms with Crippen molar-refractivity contribution in [2.45, 2.75) is 18.0 Å². The van der Waals surface area contributed by atoms with Crippen molar-refractivity contribution in [2.75, 3.05) is 31.4 Å². The van der Waals surface area contributed by atoms with Crippen LogP contribution in [-0.2, 0) is 0 Å². The van der Waals surface area contributed by atoms with E-state index in [2.05, 4.69) is 14.9 Å². The van der Waals surface area contributed by atoms with Crippen LogP contribution in [0.15, 0.2) is 28.2 Å². The lowest BCUT2D eigenvalue weighted by molar-refractivity contribution is 0.415. The number of anilines is 1. The normalized spacial score (nSPS) is 13.8. The molecule has 1 fully saturated rings. The van der Waals surface area contributed by atoms with Gasteiger partial charge in [0.15, 0.2) is 5.16 Å². The summed E-state index contributed by atoms with van der Waals surface area (Å²) in [6.45, 7) is 2.03. The fraction of sp³-hybridized carbons (Fsp3) is 0.353. The number of nitrogens with one attached hydrogen (secondary N) is 1. The second-order valence-corrected chi connectivity index (χ2v) is 6.29. The van der Waals surface area contributed by atoms with Crippen molar-refractivity contribution in [3.05, 3.63) is 34.1 Å². The Morgan fingerprint density at radius 3 is 2.75 bits per heavy atom. The maximum absolute atomic E-state index is 12.1. The molecule has 3 rings (SSSR count). The molecule has 1 aromatic heterocycles. The molecule has 0 aliphatic carbocycles. The first-order chi connectivity index (χ1) is 11.7. The van der Waals surface area contributed by atoms with Crippen LogP contribution in [0, 0.1) is 11.3 Å². The standard InChI is InChI=1S/C17H18N4O2S/c1-23-14-9-11(5-6-13(14)21-7-3-4-8-21)15-12(10-18)16(22)20-17(19-15)24-2/h5-6,9H,3-4,7-8H2,1-2H3,(H,19,20,22). The third kappa shape index (κ3) is 2.97. The van der Waals surface area contributed by atoms with Crippen LogP contribution in [-0.4, -0.2) is 36.4 Å². The minimum Gasteiger partial charge on any atom is -0.495 e. The molecule has 1 saturated heterocycles. The van der Waals surface area contributed by atoms with Gasteiger partial charge in [0.2, 0.25) is 0 Å². The zero-order valence-corrected chi connectivity index (χ0v) is 14.4. The highest BCUT2D eigenvalue weighted by Crippen LogP contribution is 2.35. The van der Waals surface area contributed by atoms with Crippen molar-refractivity contribution in [1.82, 2.24) is 9.97 Å². The van der Waals surface area contributed by atoms with E-state index in [-0.39, 0.29) is 5.56 Å². The maximum atomic E-state index is 12.1. The molecule has 0 spiro atoms. The number of thioether (sulfide) groups is 1. The average molecular weight is 342 g/mol. The Morgan fingerprint density at radius 2 is 2.12 bits per heavy atom.